The number of benzene rings is 1. The van der Waals surface area contributed by atoms with Crippen LogP contribution in [0.4, 0.5) is 0 Å². The number of amides is 1. The number of carbonyl (C=O) groups is 1. The molecular weight excluding hydrogens is 330 g/mol. The van der Waals surface area contributed by atoms with E-state index in [-0.39, 0.29) is 11.9 Å². The van der Waals surface area contributed by atoms with Crippen molar-refractivity contribution in [3.63, 3.8) is 0 Å². The summed E-state index contributed by atoms with van der Waals surface area (Å²) in [4.78, 5) is 14.7. The van der Waals surface area contributed by atoms with E-state index in [1.165, 1.54) is 0 Å². The molecule has 134 valence electrons. The van der Waals surface area contributed by atoms with Crippen LogP contribution in [-0.2, 0) is 24.3 Å². The monoisotopic (exact) mass is 351 g/mol. The Morgan fingerprint density at radius 1 is 1.19 bits per heavy atom. The van der Waals surface area contributed by atoms with E-state index in [9.17, 15) is 4.79 Å². The minimum Gasteiger partial charge on any atom is -0.361 e. The van der Waals surface area contributed by atoms with Crippen molar-refractivity contribution in [1.29, 1.82) is 0 Å². The first kappa shape index (κ1) is 16.5. The van der Waals surface area contributed by atoms with Gasteiger partial charge in [0.1, 0.15) is 17.6 Å². The number of aromatic nitrogens is 4. The van der Waals surface area contributed by atoms with Gasteiger partial charge in [0.05, 0.1) is 12.2 Å². The summed E-state index contributed by atoms with van der Waals surface area (Å²) in [5.74, 6) is 2.45. The smallest absolute Gasteiger partial charge is 0.246 e. The second-order valence-electron chi connectivity index (χ2n) is 6.74. The molecule has 0 saturated carbocycles. The molecule has 26 heavy (non-hydrogen) atoms. The lowest BCUT2D eigenvalue weighted by Crippen LogP contribution is -2.41. The SMILES string of the molecule is Cc1noc(C)c1Cc1nnc2n1[C@H](C)C(=O)N(Cc1ccccc1)C2. The summed E-state index contributed by atoms with van der Waals surface area (Å²) in [6.07, 6.45) is 0.560. The van der Waals surface area contributed by atoms with Gasteiger partial charge in [-0.2, -0.15) is 0 Å². The van der Waals surface area contributed by atoms with Crippen LogP contribution in [-0.4, -0.2) is 30.7 Å². The molecule has 3 aromatic rings. The highest BCUT2D eigenvalue weighted by Gasteiger charge is 2.33. The lowest BCUT2D eigenvalue weighted by atomic mass is 10.1. The van der Waals surface area contributed by atoms with Crippen LogP contribution in [0.25, 0.3) is 0 Å². The molecular formula is C19H21N5O2. The van der Waals surface area contributed by atoms with Gasteiger partial charge in [0, 0.05) is 18.5 Å². The van der Waals surface area contributed by atoms with Gasteiger partial charge >= 0.3 is 0 Å². The molecule has 1 amide bonds. The molecule has 0 radical (unpaired) electrons. The molecule has 0 N–H and O–H groups in total. The van der Waals surface area contributed by atoms with Crippen molar-refractivity contribution in [3.05, 3.63) is 64.6 Å². The summed E-state index contributed by atoms with van der Waals surface area (Å²) >= 11 is 0. The summed E-state index contributed by atoms with van der Waals surface area (Å²) in [5.41, 5.74) is 2.96. The predicted octanol–water partition coefficient (Wildman–Crippen LogP) is 2.58. The van der Waals surface area contributed by atoms with Crippen LogP contribution >= 0.6 is 0 Å². The molecule has 0 aliphatic carbocycles. The third kappa shape index (κ3) is 2.79. The van der Waals surface area contributed by atoms with Crippen LogP contribution in [0.3, 0.4) is 0 Å². The Bertz CT molecular complexity index is 925. The van der Waals surface area contributed by atoms with Crippen molar-refractivity contribution in [2.75, 3.05) is 0 Å². The summed E-state index contributed by atoms with van der Waals surface area (Å²) in [6, 6.07) is 9.67. The molecule has 1 aliphatic rings. The highest BCUT2D eigenvalue weighted by atomic mass is 16.5. The van der Waals surface area contributed by atoms with Crippen molar-refractivity contribution in [1.82, 2.24) is 24.8 Å². The van der Waals surface area contributed by atoms with Crippen LogP contribution in [0.15, 0.2) is 34.9 Å². The average molecular weight is 351 g/mol. The zero-order chi connectivity index (χ0) is 18.3. The molecule has 4 rings (SSSR count). The Hall–Kier alpha value is -2.96. The van der Waals surface area contributed by atoms with Crippen LogP contribution in [0.2, 0.25) is 0 Å². The third-order valence-corrected chi connectivity index (χ3v) is 4.96. The normalized spacial score (nSPS) is 16.8. The number of aryl methyl sites for hydroxylation is 2. The van der Waals surface area contributed by atoms with E-state index in [1.54, 1.807) is 0 Å². The molecule has 0 spiro atoms. The number of hydrogen-bond donors (Lipinski definition) is 0. The summed E-state index contributed by atoms with van der Waals surface area (Å²) < 4.78 is 7.19. The fraction of sp³-hybridized carbons (Fsp3) is 0.368. The Labute approximate surface area is 151 Å². The van der Waals surface area contributed by atoms with Gasteiger partial charge in [-0.25, -0.2) is 0 Å². The maximum atomic E-state index is 12.9. The molecule has 3 heterocycles. The van der Waals surface area contributed by atoms with Crippen LogP contribution in [0.1, 0.15) is 47.2 Å². The first-order valence-corrected chi connectivity index (χ1v) is 8.71. The van der Waals surface area contributed by atoms with Gasteiger partial charge in [0.15, 0.2) is 5.82 Å². The largest absolute Gasteiger partial charge is 0.361 e. The third-order valence-electron chi connectivity index (χ3n) is 4.96. The zero-order valence-corrected chi connectivity index (χ0v) is 15.1. The van der Waals surface area contributed by atoms with Gasteiger partial charge in [-0.3, -0.25) is 4.79 Å². The standard InChI is InChI=1S/C19H21N5O2/c1-12-16(14(3)26-22-12)9-17-20-21-18-11-23(19(25)13(2)24(17)18)10-15-7-5-4-6-8-15/h4-8,13H,9-11H2,1-3H3/t13-/m1/s1. The van der Waals surface area contributed by atoms with Crippen molar-refractivity contribution >= 4 is 5.91 Å². The summed E-state index contributed by atoms with van der Waals surface area (Å²) in [5, 5.41) is 12.7. The quantitative estimate of drug-likeness (QED) is 0.722. The topological polar surface area (TPSA) is 77.0 Å². The molecule has 0 bridgehead atoms. The van der Waals surface area contributed by atoms with Gasteiger partial charge in [0.2, 0.25) is 5.91 Å². The average Bonchev–Trinajstić information content (AvgIpc) is 3.18. The lowest BCUT2D eigenvalue weighted by Gasteiger charge is -2.32. The molecule has 1 aromatic carbocycles. The lowest BCUT2D eigenvalue weighted by molar-refractivity contribution is -0.137. The fourth-order valence-electron chi connectivity index (χ4n) is 3.51. The van der Waals surface area contributed by atoms with Crippen molar-refractivity contribution in [3.8, 4) is 0 Å². The van der Waals surface area contributed by atoms with Gasteiger partial charge < -0.3 is 14.0 Å². The zero-order valence-electron chi connectivity index (χ0n) is 15.1. The highest BCUT2D eigenvalue weighted by molar-refractivity contribution is 5.81. The number of carbonyl (C=O) groups excluding carboxylic acids is 1. The number of rotatable bonds is 4. The minimum absolute atomic E-state index is 0.0844. The Morgan fingerprint density at radius 2 is 1.96 bits per heavy atom. The first-order chi connectivity index (χ1) is 12.5. The second-order valence-corrected chi connectivity index (χ2v) is 6.74. The van der Waals surface area contributed by atoms with E-state index in [2.05, 4.69) is 15.4 Å². The van der Waals surface area contributed by atoms with E-state index in [4.69, 9.17) is 4.52 Å². The molecule has 7 heteroatoms. The number of fused-ring (bicyclic) bond motifs is 1. The Kier molecular flexibility index (Phi) is 4.06. The summed E-state index contributed by atoms with van der Waals surface area (Å²) in [7, 11) is 0. The number of hydrogen-bond acceptors (Lipinski definition) is 5. The maximum absolute atomic E-state index is 12.9. The Morgan fingerprint density at radius 3 is 2.65 bits per heavy atom. The van der Waals surface area contributed by atoms with Crippen LogP contribution in [0, 0.1) is 13.8 Å². The van der Waals surface area contributed by atoms with Crippen LogP contribution in [0.5, 0.6) is 0 Å². The molecule has 1 aliphatic heterocycles. The molecule has 0 fully saturated rings. The van der Waals surface area contributed by atoms with E-state index >= 15 is 0 Å². The molecule has 0 saturated heterocycles. The van der Waals surface area contributed by atoms with Crippen LogP contribution < -0.4 is 0 Å². The molecule has 1 atom stereocenters. The van der Waals surface area contributed by atoms with Gasteiger partial charge in [0.25, 0.3) is 0 Å². The molecule has 2 aromatic heterocycles. The van der Waals surface area contributed by atoms with Gasteiger partial charge in [-0.05, 0) is 26.3 Å². The molecule has 7 nitrogen and oxygen atoms in total. The van der Waals surface area contributed by atoms with Crippen molar-refractivity contribution in [2.45, 2.75) is 46.3 Å². The van der Waals surface area contributed by atoms with Gasteiger partial charge in [-0.1, -0.05) is 35.5 Å². The highest BCUT2D eigenvalue weighted by Crippen LogP contribution is 2.26. The first-order valence-electron chi connectivity index (χ1n) is 8.71. The predicted molar refractivity (Wildman–Crippen MR) is 94.2 cm³/mol. The molecule has 0 unspecified atom stereocenters. The van der Waals surface area contributed by atoms with E-state index in [0.717, 1.165) is 34.2 Å². The fourth-order valence-corrected chi connectivity index (χ4v) is 3.51. The Balaban J connectivity index is 1.61. The summed E-state index contributed by atoms with van der Waals surface area (Å²) in [6.45, 7) is 6.75. The minimum atomic E-state index is -0.326. The van der Waals surface area contributed by atoms with Crippen molar-refractivity contribution < 1.29 is 9.32 Å². The van der Waals surface area contributed by atoms with E-state index in [1.807, 2.05) is 60.6 Å². The van der Waals surface area contributed by atoms with Crippen molar-refractivity contribution in [2.24, 2.45) is 0 Å². The second kappa shape index (κ2) is 6.40. The number of nitrogens with zero attached hydrogens (tertiary/aromatic N) is 5. The maximum Gasteiger partial charge on any atom is 0.246 e. The van der Waals surface area contributed by atoms with E-state index in [0.29, 0.717) is 19.5 Å². The van der Waals surface area contributed by atoms with E-state index < -0.39 is 0 Å². The van der Waals surface area contributed by atoms with Gasteiger partial charge in [-0.15, -0.1) is 10.2 Å².